The number of hydrogen-bond acceptors (Lipinski definition) is 5. The molecule has 0 fully saturated rings. The largest absolute Gasteiger partial charge is 0.598 e. The van der Waals surface area contributed by atoms with Gasteiger partial charge in [-0.05, 0) is 34.0 Å². The maximum Gasteiger partial charge on any atom is 0.188 e. The van der Waals surface area contributed by atoms with Gasteiger partial charge in [0.25, 0.3) is 0 Å². The summed E-state index contributed by atoms with van der Waals surface area (Å²) in [4.78, 5) is 8.34. The van der Waals surface area contributed by atoms with E-state index in [4.69, 9.17) is 11.6 Å². The molecule has 2 atom stereocenters. The van der Waals surface area contributed by atoms with E-state index in [1.54, 1.807) is 6.20 Å². The third-order valence-corrected chi connectivity index (χ3v) is 4.78. The number of aromatic nitrogens is 2. The first-order valence-electron chi connectivity index (χ1n) is 5.50. The van der Waals surface area contributed by atoms with Crippen LogP contribution in [0.5, 0.6) is 0 Å². The molecule has 18 heavy (non-hydrogen) atoms. The van der Waals surface area contributed by atoms with Gasteiger partial charge in [0.2, 0.25) is 0 Å². The third kappa shape index (κ3) is 4.28. The highest BCUT2D eigenvalue weighted by molar-refractivity contribution is 7.98. The Bertz CT molecular complexity index is 412. The lowest BCUT2D eigenvalue weighted by Gasteiger charge is -2.26. The SMILES string of the molecule is CSc1ncc([C@H](C)N[S@@+]([O-])C(C)(C)C)c(Cl)n1. The average molecular weight is 308 g/mol. The summed E-state index contributed by atoms with van der Waals surface area (Å²) >= 11 is 6.38. The van der Waals surface area contributed by atoms with E-state index < -0.39 is 11.4 Å². The van der Waals surface area contributed by atoms with Gasteiger partial charge in [0, 0.05) is 23.1 Å². The molecule has 0 spiro atoms. The van der Waals surface area contributed by atoms with Crippen LogP contribution in [0, 0.1) is 0 Å². The lowest BCUT2D eigenvalue weighted by molar-refractivity contribution is 0.530. The summed E-state index contributed by atoms with van der Waals surface area (Å²) in [7, 11) is 0. The molecule has 0 bridgehead atoms. The molecule has 1 aromatic heterocycles. The monoisotopic (exact) mass is 307 g/mol. The van der Waals surface area contributed by atoms with Gasteiger partial charge < -0.3 is 4.55 Å². The van der Waals surface area contributed by atoms with Crippen LogP contribution in [0.2, 0.25) is 5.15 Å². The molecule has 1 N–H and O–H groups in total. The number of rotatable bonds is 4. The fourth-order valence-corrected chi connectivity index (χ4v) is 2.63. The molecule has 4 nitrogen and oxygen atoms in total. The van der Waals surface area contributed by atoms with Crippen molar-refractivity contribution in [2.75, 3.05) is 6.26 Å². The molecule has 1 rings (SSSR count). The van der Waals surface area contributed by atoms with Crippen molar-refractivity contribution in [3.05, 3.63) is 16.9 Å². The van der Waals surface area contributed by atoms with E-state index in [0.717, 1.165) is 5.56 Å². The number of nitrogens with one attached hydrogen (secondary N) is 1. The van der Waals surface area contributed by atoms with Crippen molar-refractivity contribution in [1.29, 1.82) is 0 Å². The van der Waals surface area contributed by atoms with Gasteiger partial charge in [-0.3, -0.25) is 0 Å². The first kappa shape index (κ1) is 16.0. The maximum absolute atomic E-state index is 12.0. The average Bonchev–Trinajstić information content (AvgIpc) is 2.27. The van der Waals surface area contributed by atoms with Crippen molar-refractivity contribution >= 4 is 34.7 Å². The van der Waals surface area contributed by atoms with Gasteiger partial charge in [0.05, 0.1) is 6.04 Å². The second-order valence-electron chi connectivity index (χ2n) is 4.82. The molecule has 0 saturated heterocycles. The fourth-order valence-electron chi connectivity index (χ4n) is 1.15. The number of thioether (sulfide) groups is 1. The quantitative estimate of drug-likeness (QED) is 0.401. The van der Waals surface area contributed by atoms with Crippen LogP contribution < -0.4 is 4.72 Å². The Morgan fingerprint density at radius 1 is 1.50 bits per heavy atom. The molecule has 1 heterocycles. The van der Waals surface area contributed by atoms with Crippen LogP contribution in [-0.2, 0) is 11.4 Å². The zero-order chi connectivity index (χ0) is 13.9. The predicted molar refractivity (Wildman–Crippen MR) is 78.3 cm³/mol. The molecule has 0 aliphatic rings. The molecule has 0 aliphatic heterocycles. The lowest BCUT2D eigenvalue weighted by Crippen LogP contribution is -2.40. The second-order valence-corrected chi connectivity index (χ2v) is 7.95. The molecule has 102 valence electrons. The van der Waals surface area contributed by atoms with Gasteiger partial charge in [-0.15, -0.1) is 4.72 Å². The molecule has 7 heteroatoms. The highest BCUT2D eigenvalue weighted by atomic mass is 35.5. The van der Waals surface area contributed by atoms with Crippen LogP contribution in [0.3, 0.4) is 0 Å². The van der Waals surface area contributed by atoms with E-state index in [-0.39, 0.29) is 10.8 Å². The molecular weight excluding hydrogens is 290 g/mol. The molecule has 0 saturated carbocycles. The predicted octanol–water partition coefficient (Wildman–Crippen LogP) is 2.96. The minimum atomic E-state index is -1.15. The minimum Gasteiger partial charge on any atom is -0.598 e. The highest BCUT2D eigenvalue weighted by Gasteiger charge is 2.29. The van der Waals surface area contributed by atoms with Crippen LogP contribution in [0.1, 0.15) is 39.3 Å². The van der Waals surface area contributed by atoms with Gasteiger partial charge in [-0.2, -0.15) is 0 Å². The first-order chi connectivity index (χ1) is 8.25. The van der Waals surface area contributed by atoms with Crippen molar-refractivity contribution < 1.29 is 4.55 Å². The Balaban J connectivity index is 2.81. The van der Waals surface area contributed by atoms with Crippen molar-refractivity contribution in [3.8, 4) is 0 Å². The summed E-state index contributed by atoms with van der Waals surface area (Å²) in [5.74, 6) is 0. The summed E-state index contributed by atoms with van der Waals surface area (Å²) in [6.07, 6.45) is 3.57. The summed E-state index contributed by atoms with van der Waals surface area (Å²) in [5.41, 5.74) is 0.757. The Hall–Kier alpha value is -0.0100. The number of halogens is 1. The Labute approximate surface area is 121 Å². The molecule has 0 aliphatic carbocycles. The molecular formula is C11H18ClN3OS2. The Morgan fingerprint density at radius 2 is 2.11 bits per heavy atom. The van der Waals surface area contributed by atoms with Crippen molar-refractivity contribution in [2.24, 2.45) is 0 Å². The summed E-state index contributed by atoms with van der Waals surface area (Å²) in [6.45, 7) is 7.64. The summed E-state index contributed by atoms with van der Waals surface area (Å²) in [6, 6.07) is -0.159. The number of nitrogens with zero attached hydrogens (tertiary/aromatic N) is 2. The number of hydrogen-bond donors (Lipinski definition) is 1. The smallest absolute Gasteiger partial charge is 0.188 e. The summed E-state index contributed by atoms with van der Waals surface area (Å²) in [5, 5.41) is 1.04. The van der Waals surface area contributed by atoms with Gasteiger partial charge in [0.15, 0.2) is 5.16 Å². The van der Waals surface area contributed by atoms with E-state index in [9.17, 15) is 4.55 Å². The lowest BCUT2D eigenvalue weighted by atomic mass is 10.2. The molecule has 1 aromatic rings. The van der Waals surface area contributed by atoms with Crippen LogP contribution in [-0.4, -0.2) is 25.5 Å². The Kier molecular flexibility index (Phi) is 5.73. The fraction of sp³-hybridized carbons (Fsp3) is 0.636. The normalized spacial score (nSPS) is 15.5. The van der Waals surface area contributed by atoms with Crippen molar-refractivity contribution in [1.82, 2.24) is 14.7 Å². The van der Waals surface area contributed by atoms with Crippen LogP contribution >= 0.6 is 23.4 Å². The van der Waals surface area contributed by atoms with Gasteiger partial charge in [0.1, 0.15) is 9.90 Å². The third-order valence-electron chi connectivity index (χ3n) is 2.24. The van der Waals surface area contributed by atoms with Gasteiger partial charge in [-0.25, -0.2) is 9.97 Å². The van der Waals surface area contributed by atoms with E-state index in [2.05, 4.69) is 14.7 Å². The highest BCUT2D eigenvalue weighted by Crippen LogP contribution is 2.24. The van der Waals surface area contributed by atoms with Gasteiger partial charge in [-0.1, -0.05) is 23.4 Å². The molecule has 0 aromatic carbocycles. The van der Waals surface area contributed by atoms with E-state index in [1.165, 1.54) is 11.8 Å². The van der Waals surface area contributed by atoms with Crippen LogP contribution in [0.4, 0.5) is 0 Å². The van der Waals surface area contributed by atoms with Crippen molar-refractivity contribution in [3.63, 3.8) is 0 Å². The molecule has 0 amide bonds. The van der Waals surface area contributed by atoms with E-state index in [0.29, 0.717) is 10.3 Å². The van der Waals surface area contributed by atoms with Crippen LogP contribution in [0.25, 0.3) is 0 Å². The molecule has 0 unspecified atom stereocenters. The van der Waals surface area contributed by atoms with E-state index in [1.807, 2.05) is 34.0 Å². The Morgan fingerprint density at radius 3 is 2.56 bits per heavy atom. The second kappa shape index (κ2) is 6.43. The minimum absolute atomic E-state index is 0.159. The summed E-state index contributed by atoms with van der Waals surface area (Å²) < 4.78 is 14.7. The van der Waals surface area contributed by atoms with Gasteiger partial charge >= 0.3 is 0 Å². The standard InChI is InChI=1S/C11H18ClN3OS2/c1-7(15-18(16)11(2,3)4)8-6-13-10(17-5)14-9(8)12/h6-7,15H,1-5H3/t7-,18-/m0/s1. The first-order valence-corrected chi connectivity index (χ1v) is 8.25. The zero-order valence-corrected chi connectivity index (χ0v) is 13.5. The topological polar surface area (TPSA) is 60.9 Å². The maximum atomic E-state index is 12.0. The van der Waals surface area contributed by atoms with Crippen LogP contribution in [0.15, 0.2) is 11.4 Å². The van der Waals surface area contributed by atoms with Crippen molar-refractivity contribution in [2.45, 2.75) is 43.6 Å². The molecule has 0 radical (unpaired) electrons. The van der Waals surface area contributed by atoms with E-state index >= 15 is 0 Å². The zero-order valence-electron chi connectivity index (χ0n) is 11.2.